The second-order valence-corrected chi connectivity index (χ2v) is 4.53. The summed E-state index contributed by atoms with van der Waals surface area (Å²) >= 11 is 3.35. The van der Waals surface area contributed by atoms with E-state index < -0.39 is 0 Å². The van der Waals surface area contributed by atoms with Crippen LogP contribution in [0.3, 0.4) is 0 Å². The molecule has 4 heteroatoms. The van der Waals surface area contributed by atoms with E-state index in [9.17, 15) is 0 Å². The van der Waals surface area contributed by atoms with Crippen molar-refractivity contribution in [3.8, 4) is 6.07 Å². The van der Waals surface area contributed by atoms with Gasteiger partial charge in [-0.25, -0.2) is 0 Å². The standard InChI is InChI=1S/C13H10BrN3/c1-9-4-5-16-8-13(9)17-12-3-2-11(14)6-10(12)7-15/h2-6,8,17H,1H3. The van der Waals surface area contributed by atoms with Crippen LogP contribution in [0.15, 0.2) is 41.1 Å². The number of nitrogens with one attached hydrogen (secondary N) is 1. The first-order valence-electron chi connectivity index (χ1n) is 5.08. The fourth-order valence-electron chi connectivity index (χ4n) is 1.46. The van der Waals surface area contributed by atoms with Gasteiger partial charge in [0, 0.05) is 10.7 Å². The highest BCUT2D eigenvalue weighted by Gasteiger charge is 2.04. The molecule has 0 aliphatic carbocycles. The number of halogens is 1. The lowest BCUT2D eigenvalue weighted by molar-refractivity contribution is 1.28. The Morgan fingerprint density at radius 3 is 2.82 bits per heavy atom. The van der Waals surface area contributed by atoms with Crippen LogP contribution in [-0.4, -0.2) is 4.98 Å². The summed E-state index contributed by atoms with van der Waals surface area (Å²) in [7, 11) is 0. The van der Waals surface area contributed by atoms with E-state index in [4.69, 9.17) is 5.26 Å². The Hall–Kier alpha value is -1.86. The van der Waals surface area contributed by atoms with Crippen molar-refractivity contribution in [2.45, 2.75) is 6.92 Å². The molecule has 0 fully saturated rings. The van der Waals surface area contributed by atoms with E-state index >= 15 is 0 Å². The Balaban J connectivity index is 2.37. The third-order valence-corrected chi connectivity index (χ3v) is 2.90. The average molecular weight is 288 g/mol. The maximum Gasteiger partial charge on any atom is 0.101 e. The first kappa shape index (κ1) is 11.6. The van der Waals surface area contributed by atoms with Crippen LogP contribution in [0, 0.1) is 18.3 Å². The molecule has 0 aliphatic rings. The molecule has 1 N–H and O–H groups in total. The fourth-order valence-corrected chi connectivity index (χ4v) is 1.82. The number of rotatable bonds is 2. The van der Waals surface area contributed by atoms with Crippen LogP contribution < -0.4 is 5.32 Å². The van der Waals surface area contributed by atoms with E-state index in [2.05, 4.69) is 32.3 Å². The summed E-state index contributed by atoms with van der Waals surface area (Å²) < 4.78 is 0.891. The second kappa shape index (κ2) is 4.98. The number of aromatic nitrogens is 1. The maximum atomic E-state index is 9.06. The Bertz CT molecular complexity index is 587. The van der Waals surface area contributed by atoms with Gasteiger partial charge in [-0.15, -0.1) is 0 Å². The van der Waals surface area contributed by atoms with Gasteiger partial charge in [0.15, 0.2) is 0 Å². The lowest BCUT2D eigenvalue weighted by atomic mass is 10.2. The summed E-state index contributed by atoms with van der Waals surface area (Å²) in [6.45, 7) is 1.99. The topological polar surface area (TPSA) is 48.7 Å². The van der Waals surface area contributed by atoms with Crippen LogP contribution in [0.25, 0.3) is 0 Å². The number of benzene rings is 1. The lowest BCUT2D eigenvalue weighted by Crippen LogP contribution is -1.96. The van der Waals surface area contributed by atoms with E-state index in [1.807, 2.05) is 25.1 Å². The van der Waals surface area contributed by atoms with Crippen LogP contribution in [0.1, 0.15) is 11.1 Å². The minimum absolute atomic E-state index is 0.600. The van der Waals surface area contributed by atoms with E-state index in [1.165, 1.54) is 0 Å². The van der Waals surface area contributed by atoms with Crippen molar-refractivity contribution >= 4 is 27.3 Å². The lowest BCUT2D eigenvalue weighted by Gasteiger charge is -2.10. The van der Waals surface area contributed by atoms with E-state index in [0.29, 0.717) is 5.56 Å². The number of aryl methyl sites for hydroxylation is 1. The molecule has 0 saturated carbocycles. The molecule has 17 heavy (non-hydrogen) atoms. The highest BCUT2D eigenvalue weighted by molar-refractivity contribution is 9.10. The molecule has 1 aromatic carbocycles. The Kier molecular flexibility index (Phi) is 3.40. The normalized spacial score (nSPS) is 9.71. The molecule has 0 amide bonds. The third-order valence-electron chi connectivity index (χ3n) is 2.41. The van der Waals surface area contributed by atoms with Crippen LogP contribution in [0.4, 0.5) is 11.4 Å². The Labute approximate surface area is 108 Å². The minimum atomic E-state index is 0.600. The van der Waals surface area contributed by atoms with E-state index in [-0.39, 0.29) is 0 Å². The van der Waals surface area contributed by atoms with Gasteiger partial charge in [0.05, 0.1) is 23.1 Å². The molecule has 2 aromatic rings. The first-order chi connectivity index (χ1) is 8.20. The summed E-state index contributed by atoms with van der Waals surface area (Å²) in [4.78, 5) is 4.06. The smallest absolute Gasteiger partial charge is 0.101 e. The molecule has 84 valence electrons. The number of hydrogen-bond acceptors (Lipinski definition) is 3. The molecule has 1 aromatic heterocycles. The van der Waals surface area contributed by atoms with Crippen molar-refractivity contribution in [2.24, 2.45) is 0 Å². The first-order valence-corrected chi connectivity index (χ1v) is 5.87. The molecular weight excluding hydrogens is 278 g/mol. The van der Waals surface area contributed by atoms with Crippen molar-refractivity contribution in [1.29, 1.82) is 5.26 Å². The van der Waals surface area contributed by atoms with E-state index in [0.717, 1.165) is 21.4 Å². The van der Waals surface area contributed by atoms with Gasteiger partial charge >= 0.3 is 0 Å². The fraction of sp³-hybridized carbons (Fsp3) is 0.0769. The molecule has 0 unspecified atom stereocenters. The molecule has 1 heterocycles. The van der Waals surface area contributed by atoms with Gasteiger partial charge in [0.2, 0.25) is 0 Å². The summed E-state index contributed by atoms with van der Waals surface area (Å²) in [6, 6.07) is 9.64. The van der Waals surface area contributed by atoms with Gasteiger partial charge in [-0.05, 0) is 36.8 Å². The number of anilines is 2. The zero-order chi connectivity index (χ0) is 12.3. The van der Waals surface area contributed by atoms with Crippen molar-refractivity contribution in [1.82, 2.24) is 4.98 Å². The molecule has 0 atom stereocenters. The number of nitrogens with zero attached hydrogens (tertiary/aromatic N) is 2. The van der Waals surface area contributed by atoms with Gasteiger partial charge in [0.1, 0.15) is 6.07 Å². The Morgan fingerprint density at radius 2 is 2.12 bits per heavy atom. The monoisotopic (exact) mass is 287 g/mol. The number of pyridine rings is 1. The predicted octanol–water partition coefficient (Wildman–Crippen LogP) is 3.77. The third kappa shape index (κ3) is 2.63. The molecule has 3 nitrogen and oxygen atoms in total. The van der Waals surface area contributed by atoms with Crippen molar-refractivity contribution < 1.29 is 0 Å². The quantitative estimate of drug-likeness (QED) is 0.915. The molecule has 0 spiro atoms. The van der Waals surface area contributed by atoms with Gasteiger partial charge < -0.3 is 5.32 Å². The second-order valence-electron chi connectivity index (χ2n) is 3.62. The van der Waals surface area contributed by atoms with Crippen molar-refractivity contribution in [3.05, 3.63) is 52.3 Å². The van der Waals surface area contributed by atoms with Crippen molar-refractivity contribution in [2.75, 3.05) is 5.32 Å². The molecule has 0 bridgehead atoms. The van der Waals surface area contributed by atoms with Crippen LogP contribution in [0.2, 0.25) is 0 Å². The summed E-state index contributed by atoms with van der Waals surface area (Å²) in [5.74, 6) is 0. The maximum absolute atomic E-state index is 9.06. The van der Waals surface area contributed by atoms with Crippen LogP contribution >= 0.6 is 15.9 Å². The molecule has 0 radical (unpaired) electrons. The van der Waals surface area contributed by atoms with Crippen LogP contribution in [-0.2, 0) is 0 Å². The highest BCUT2D eigenvalue weighted by atomic mass is 79.9. The van der Waals surface area contributed by atoms with Crippen LogP contribution in [0.5, 0.6) is 0 Å². The highest BCUT2D eigenvalue weighted by Crippen LogP contribution is 2.25. The summed E-state index contributed by atoms with van der Waals surface area (Å²) in [5, 5.41) is 12.3. The number of hydrogen-bond donors (Lipinski definition) is 1. The average Bonchev–Trinajstić information content (AvgIpc) is 2.34. The molecular formula is C13H10BrN3. The molecule has 0 saturated heterocycles. The summed E-state index contributed by atoms with van der Waals surface area (Å²) in [5.41, 5.74) is 3.38. The molecule has 2 rings (SSSR count). The van der Waals surface area contributed by atoms with Gasteiger partial charge in [-0.3, -0.25) is 4.98 Å². The predicted molar refractivity (Wildman–Crippen MR) is 71.1 cm³/mol. The van der Waals surface area contributed by atoms with Crippen molar-refractivity contribution in [3.63, 3.8) is 0 Å². The molecule has 0 aliphatic heterocycles. The van der Waals surface area contributed by atoms with Gasteiger partial charge in [-0.1, -0.05) is 15.9 Å². The van der Waals surface area contributed by atoms with Gasteiger partial charge in [-0.2, -0.15) is 5.26 Å². The Morgan fingerprint density at radius 1 is 1.29 bits per heavy atom. The SMILES string of the molecule is Cc1ccncc1Nc1ccc(Br)cc1C#N. The van der Waals surface area contributed by atoms with E-state index in [1.54, 1.807) is 18.5 Å². The zero-order valence-electron chi connectivity index (χ0n) is 9.24. The van der Waals surface area contributed by atoms with Gasteiger partial charge in [0.25, 0.3) is 0 Å². The number of nitriles is 1. The zero-order valence-corrected chi connectivity index (χ0v) is 10.8. The largest absolute Gasteiger partial charge is 0.353 e. The minimum Gasteiger partial charge on any atom is -0.353 e. The summed E-state index contributed by atoms with van der Waals surface area (Å²) in [6.07, 6.45) is 3.49.